The number of aliphatic carboxylic acids is 1. The molecule has 0 bridgehead atoms. The molecule has 0 saturated carbocycles. The van der Waals surface area contributed by atoms with E-state index in [1.807, 2.05) is 0 Å². The van der Waals surface area contributed by atoms with Crippen LogP contribution in [0.4, 0.5) is 9.52 Å². The van der Waals surface area contributed by atoms with Crippen molar-refractivity contribution in [3.8, 4) is 17.0 Å². The molecule has 0 aliphatic heterocycles. The van der Waals surface area contributed by atoms with E-state index in [-0.39, 0.29) is 37.6 Å². The monoisotopic (exact) mass is 564 g/mol. The van der Waals surface area contributed by atoms with Crippen molar-refractivity contribution >= 4 is 57.6 Å². The van der Waals surface area contributed by atoms with Gasteiger partial charge in [-0.15, -0.1) is 11.3 Å². The molecule has 0 radical (unpaired) electrons. The van der Waals surface area contributed by atoms with Gasteiger partial charge < -0.3 is 9.84 Å². The van der Waals surface area contributed by atoms with Crippen LogP contribution in [0, 0.1) is 5.82 Å². The maximum Gasteiger partial charge on any atom is 0.331 e. The lowest BCUT2D eigenvalue weighted by Crippen LogP contribution is -2.12. The Labute approximate surface area is 229 Å². The molecule has 10 heteroatoms. The number of nitrogens with zero attached hydrogens (tertiary/aromatic N) is 1. The van der Waals surface area contributed by atoms with Crippen LogP contribution in [0.15, 0.2) is 41.3 Å². The molecular weight excluding hydrogens is 538 g/mol. The Kier molecular flexibility index (Phi) is 10.5. The maximum absolute atomic E-state index is 15.1. The molecule has 0 aliphatic rings. The molecule has 37 heavy (non-hydrogen) atoms. The summed E-state index contributed by atoms with van der Waals surface area (Å²) in [5.74, 6) is -1.96. The van der Waals surface area contributed by atoms with Gasteiger partial charge in [-0.2, -0.15) is 0 Å². The molecule has 0 spiro atoms. The van der Waals surface area contributed by atoms with Crippen molar-refractivity contribution in [1.29, 1.82) is 0 Å². The molecule has 1 amide bonds. The van der Waals surface area contributed by atoms with E-state index in [1.54, 1.807) is 23.6 Å². The Morgan fingerprint density at radius 3 is 2.54 bits per heavy atom. The number of carbonyl (C=O) groups excluding carboxylic acids is 1. The number of carboxylic acids is 1. The van der Waals surface area contributed by atoms with Crippen LogP contribution >= 0.6 is 34.5 Å². The molecule has 196 valence electrons. The first kappa shape index (κ1) is 28.6. The summed E-state index contributed by atoms with van der Waals surface area (Å²) in [4.78, 5) is 28.2. The highest BCUT2D eigenvalue weighted by Gasteiger charge is 2.17. The summed E-state index contributed by atoms with van der Waals surface area (Å²) < 4.78 is 20.7. The quantitative estimate of drug-likeness (QED) is 0.170. The van der Waals surface area contributed by atoms with Gasteiger partial charge in [-0.25, -0.2) is 14.2 Å². The minimum atomic E-state index is -1.11. The molecule has 2 aromatic carbocycles. The highest BCUT2D eigenvalue weighted by Crippen LogP contribution is 2.33. The van der Waals surface area contributed by atoms with Gasteiger partial charge in [-0.3, -0.25) is 10.1 Å². The van der Waals surface area contributed by atoms with Gasteiger partial charge in [-0.1, -0.05) is 61.9 Å². The van der Waals surface area contributed by atoms with Crippen LogP contribution in [0.3, 0.4) is 0 Å². The number of amides is 1. The molecule has 2 N–H and O–H groups in total. The minimum Gasteiger partial charge on any atom is -0.490 e. The van der Waals surface area contributed by atoms with E-state index in [0.29, 0.717) is 17.9 Å². The Morgan fingerprint density at radius 2 is 1.86 bits per heavy atom. The summed E-state index contributed by atoms with van der Waals surface area (Å²) in [7, 11) is 0. The van der Waals surface area contributed by atoms with Crippen molar-refractivity contribution in [2.45, 2.75) is 46.0 Å². The first-order chi connectivity index (χ1) is 17.7. The summed E-state index contributed by atoms with van der Waals surface area (Å²) in [6.07, 6.45) is 6.72. The molecule has 6 nitrogen and oxygen atoms in total. The second-order valence-corrected chi connectivity index (χ2v) is 10.0. The molecule has 1 aromatic heterocycles. The highest BCUT2D eigenvalue weighted by atomic mass is 35.5. The van der Waals surface area contributed by atoms with E-state index >= 15 is 4.39 Å². The zero-order valence-corrected chi connectivity index (χ0v) is 22.8. The molecule has 0 aliphatic carbocycles. The van der Waals surface area contributed by atoms with Gasteiger partial charge in [0.2, 0.25) is 0 Å². The molecule has 0 saturated heterocycles. The number of benzene rings is 2. The normalized spacial score (nSPS) is 11.4. The third-order valence-corrected chi connectivity index (χ3v) is 6.89. The number of hydrogen-bond donors (Lipinski definition) is 2. The van der Waals surface area contributed by atoms with Crippen LogP contribution in [-0.4, -0.2) is 28.6 Å². The number of halogens is 3. The van der Waals surface area contributed by atoms with Crippen LogP contribution in [0.5, 0.6) is 5.75 Å². The zero-order chi connectivity index (χ0) is 26.9. The predicted octanol–water partition coefficient (Wildman–Crippen LogP) is 8.35. The molecule has 3 rings (SSSR count). The van der Waals surface area contributed by atoms with Crippen molar-refractivity contribution in [2.24, 2.45) is 0 Å². The Balaban J connectivity index is 1.70. The summed E-state index contributed by atoms with van der Waals surface area (Å²) in [5, 5.41) is 13.9. The van der Waals surface area contributed by atoms with Crippen molar-refractivity contribution in [3.63, 3.8) is 0 Å². The van der Waals surface area contributed by atoms with E-state index in [0.717, 1.165) is 37.0 Å². The summed E-state index contributed by atoms with van der Waals surface area (Å²) >= 11 is 13.6. The van der Waals surface area contributed by atoms with Crippen molar-refractivity contribution in [1.82, 2.24) is 4.98 Å². The van der Waals surface area contributed by atoms with E-state index < -0.39 is 17.7 Å². The number of carboxylic acid groups (broad SMARTS) is 1. The Hall–Kier alpha value is -2.94. The molecular formula is C27H27Cl2FN2O4S. The van der Waals surface area contributed by atoms with Gasteiger partial charge >= 0.3 is 5.97 Å². The third kappa shape index (κ3) is 7.77. The highest BCUT2D eigenvalue weighted by molar-refractivity contribution is 7.14. The number of carbonyl (C=O) groups is 2. The van der Waals surface area contributed by atoms with Crippen molar-refractivity contribution < 1.29 is 23.8 Å². The van der Waals surface area contributed by atoms with E-state index in [9.17, 15) is 9.59 Å². The average molecular weight is 565 g/mol. The summed E-state index contributed by atoms with van der Waals surface area (Å²) in [6.45, 7) is 4.01. The van der Waals surface area contributed by atoms with E-state index in [4.69, 9.17) is 33.0 Å². The molecule has 1 heterocycles. The predicted molar refractivity (Wildman–Crippen MR) is 147 cm³/mol. The fourth-order valence-electron chi connectivity index (χ4n) is 3.46. The van der Waals surface area contributed by atoms with E-state index in [1.165, 1.54) is 31.6 Å². The second-order valence-electron chi connectivity index (χ2n) is 8.36. The third-order valence-electron chi connectivity index (χ3n) is 5.51. The lowest BCUT2D eigenvalue weighted by molar-refractivity contribution is -0.132. The topological polar surface area (TPSA) is 88.5 Å². The van der Waals surface area contributed by atoms with Gasteiger partial charge in [0, 0.05) is 27.6 Å². The average Bonchev–Trinajstić information content (AvgIpc) is 3.32. The lowest BCUT2D eigenvalue weighted by Gasteiger charge is -2.09. The number of ether oxygens (including phenoxy) is 1. The fraction of sp³-hybridized carbons (Fsp3) is 0.296. The number of aromatic nitrogens is 1. The van der Waals surface area contributed by atoms with Crippen molar-refractivity contribution in [3.05, 3.63) is 68.3 Å². The minimum absolute atomic E-state index is 0.0463. The van der Waals surface area contributed by atoms with Gasteiger partial charge in [0.15, 0.2) is 16.7 Å². The Bertz CT molecular complexity index is 1290. The van der Waals surface area contributed by atoms with Crippen LogP contribution in [0.25, 0.3) is 17.3 Å². The van der Waals surface area contributed by atoms with Crippen LogP contribution in [0.1, 0.15) is 61.9 Å². The maximum atomic E-state index is 15.1. The number of anilines is 1. The Morgan fingerprint density at radius 1 is 1.16 bits per heavy atom. The lowest BCUT2D eigenvalue weighted by atomic mass is 10.1. The number of unbranched alkanes of at least 4 members (excludes halogenated alkanes) is 4. The first-order valence-corrected chi connectivity index (χ1v) is 13.4. The van der Waals surface area contributed by atoms with Gasteiger partial charge in [0.05, 0.1) is 22.3 Å². The molecule has 0 unspecified atom stereocenters. The van der Waals surface area contributed by atoms with Crippen molar-refractivity contribution in [2.75, 3.05) is 11.9 Å². The van der Waals surface area contributed by atoms with Crippen LogP contribution in [0.2, 0.25) is 10.0 Å². The number of rotatable bonds is 12. The van der Waals surface area contributed by atoms with Crippen LogP contribution in [-0.2, 0) is 4.79 Å². The fourth-order valence-corrected chi connectivity index (χ4v) is 4.77. The van der Waals surface area contributed by atoms with Crippen LogP contribution < -0.4 is 10.1 Å². The van der Waals surface area contributed by atoms with E-state index in [2.05, 4.69) is 17.2 Å². The zero-order valence-electron chi connectivity index (χ0n) is 20.4. The molecule has 0 fully saturated rings. The smallest absolute Gasteiger partial charge is 0.331 e. The summed E-state index contributed by atoms with van der Waals surface area (Å²) in [6, 6.07) is 7.68. The van der Waals surface area contributed by atoms with Gasteiger partial charge in [0.25, 0.3) is 5.91 Å². The standard InChI is InChI=1S/C27H27Cl2FN2O4S/c1-3-4-5-6-7-11-36-23-10-8-9-18(24(23)30)22-15-37-27(31-22)32-25(33)17-13-20(28)19(21(29)14-17)12-16(2)26(34)35/h8-10,12-15H,3-7,11H2,1-2H3,(H,34,35)(H,31,32,33). The van der Waals surface area contributed by atoms with Gasteiger partial charge in [-0.05, 0) is 43.7 Å². The number of thiazole rings is 1. The number of nitrogens with one attached hydrogen (secondary N) is 1. The molecule has 3 aromatic rings. The largest absolute Gasteiger partial charge is 0.490 e. The first-order valence-electron chi connectivity index (χ1n) is 11.8. The molecule has 0 atom stereocenters. The van der Waals surface area contributed by atoms with Gasteiger partial charge in [0.1, 0.15) is 0 Å². The summed E-state index contributed by atoms with van der Waals surface area (Å²) in [5.41, 5.74) is 1.15. The second kappa shape index (κ2) is 13.6. The SMILES string of the molecule is CCCCCCCOc1cccc(-c2csc(NC(=O)c3cc(Cl)c(C=C(C)C(=O)O)c(Cl)c3)n2)c1F. The number of hydrogen-bond acceptors (Lipinski definition) is 5.